The van der Waals surface area contributed by atoms with Gasteiger partial charge in [0.2, 0.25) is 8.32 Å². The van der Waals surface area contributed by atoms with Crippen LogP contribution in [-0.4, -0.2) is 21.2 Å². The first kappa shape index (κ1) is 20.9. The first-order chi connectivity index (χ1) is 13.1. The van der Waals surface area contributed by atoms with Crippen LogP contribution in [0.2, 0.25) is 19.6 Å². The van der Waals surface area contributed by atoms with E-state index >= 15 is 0 Å². The summed E-state index contributed by atoms with van der Waals surface area (Å²) >= 11 is 0. The van der Waals surface area contributed by atoms with E-state index in [1.54, 1.807) is 7.11 Å². The van der Waals surface area contributed by atoms with Crippen molar-refractivity contribution in [1.29, 1.82) is 0 Å². The fraction of sp³-hybridized carbons (Fsp3) is 0.542. The van der Waals surface area contributed by atoms with Crippen molar-refractivity contribution in [1.82, 2.24) is 0 Å². The highest BCUT2D eigenvalue weighted by Crippen LogP contribution is 2.45. The van der Waals surface area contributed by atoms with Crippen molar-refractivity contribution in [2.45, 2.75) is 59.2 Å². The van der Waals surface area contributed by atoms with Gasteiger partial charge in [-0.3, -0.25) is 4.79 Å². The van der Waals surface area contributed by atoms with Gasteiger partial charge >= 0.3 is 0 Å². The summed E-state index contributed by atoms with van der Waals surface area (Å²) in [4.78, 5) is 13.4. The van der Waals surface area contributed by atoms with Crippen LogP contribution in [0.4, 0.5) is 0 Å². The summed E-state index contributed by atoms with van der Waals surface area (Å²) in [6, 6.07) is 5.86. The molecule has 0 amide bonds. The van der Waals surface area contributed by atoms with E-state index < -0.39 is 8.32 Å². The standard InChI is InChI=1S/C24H34O3Si/c1-15(2)18-13-22(16(3)23(14-18)27-28(5,6)7)21-10-8-17-12-19(26-4)9-11-20(17)24(21)25/h9,11-12,18,21-22H,1,8,10,13-14H2,2-7H3/t18-,21-,22+/m1/s1. The summed E-state index contributed by atoms with van der Waals surface area (Å²) in [7, 11) is -0.0316. The number of benzene rings is 1. The molecule has 28 heavy (non-hydrogen) atoms. The number of fused-ring (bicyclic) bond motifs is 1. The van der Waals surface area contributed by atoms with Crippen molar-refractivity contribution in [3.63, 3.8) is 0 Å². The van der Waals surface area contributed by atoms with Crippen molar-refractivity contribution >= 4 is 14.1 Å². The molecule has 0 saturated heterocycles. The van der Waals surface area contributed by atoms with Crippen molar-refractivity contribution in [3.05, 3.63) is 52.8 Å². The number of ether oxygens (including phenoxy) is 1. The van der Waals surface area contributed by atoms with E-state index in [4.69, 9.17) is 9.16 Å². The van der Waals surface area contributed by atoms with Crippen LogP contribution >= 0.6 is 0 Å². The maximum atomic E-state index is 13.4. The zero-order chi connectivity index (χ0) is 20.6. The number of rotatable bonds is 5. The summed E-state index contributed by atoms with van der Waals surface area (Å²) in [6.45, 7) is 15.2. The molecule has 0 unspecified atom stereocenters. The normalized spacial score (nSPS) is 25.4. The molecule has 0 spiro atoms. The highest BCUT2D eigenvalue weighted by molar-refractivity contribution is 6.70. The molecule has 0 N–H and O–H groups in total. The van der Waals surface area contributed by atoms with Crippen molar-refractivity contribution in [2.75, 3.05) is 7.11 Å². The average molecular weight is 399 g/mol. The Morgan fingerprint density at radius 2 is 1.93 bits per heavy atom. The lowest BCUT2D eigenvalue weighted by atomic mass is 9.67. The van der Waals surface area contributed by atoms with Gasteiger partial charge in [0.1, 0.15) is 5.75 Å². The Morgan fingerprint density at radius 3 is 2.54 bits per heavy atom. The second-order valence-corrected chi connectivity index (χ2v) is 13.9. The lowest BCUT2D eigenvalue weighted by Crippen LogP contribution is -2.35. The number of allylic oxidation sites excluding steroid dienone is 3. The SMILES string of the molecule is C=C(C)[C@H]1CC(O[Si](C)(C)C)=C(C)[C@@H]([C@H]2CCc3cc(OC)ccc3C2=O)C1. The summed E-state index contributed by atoms with van der Waals surface area (Å²) in [5, 5.41) is 0. The minimum Gasteiger partial charge on any atom is -0.547 e. The molecule has 3 atom stereocenters. The Balaban J connectivity index is 1.94. The summed E-state index contributed by atoms with van der Waals surface area (Å²) < 4.78 is 11.8. The van der Waals surface area contributed by atoms with E-state index in [-0.39, 0.29) is 17.6 Å². The van der Waals surface area contributed by atoms with Gasteiger partial charge in [-0.2, -0.15) is 0 Å². The molecule has 0 aliphatic heterocycles. The summed E-state index contributed by atoms with van der Waals surface area (Å²) in [5.41, 5.74) is 4.47. The predicted octanol–water partition coefficient (Wildman–Crippen LogP) is 6.17. The van der Waals surface area contributed by atoms with Crippen LogP contribution < -0.4 is 4.74 Å². The van der Waals surface area contributed by atoms with Crippen LogP contribution in [0.15, 0.2) is 41.7 Å². The van der Waals surface area contributed by atoms with Gasteiger partial charge in [-0.25, -0.2) is 0 Å². The first-order valence-corrected chi connectivity index (χ1v) is 13.8. The largest absolute Gasteiger partial charge is 0.547 e. The predicted molar refractivity (Wildman–Crippen MR) is 117 cm³/mol. The Kier molecular flexibility index (Phi) is 5.90. The lowest BCUT2D eigenvalue weighted by molar-refractivity contribution is 0.0842. The van der Waals surface area contributed by atoms with E-state index in [1.165, 1.54) is 11.1 Å². The molecular formula is C24H34O3Si. The highest BCUT2D eigenvalue weighted by atomic mass is 28.4. The van der Waals surface area contributed by atoms with Crippen LogP contribution in [0, 0.1) is 17.8 Å². The highest BCUT2D eigenvalue weighted by Gasteiger charge is 2.40. The van der Waals surface area contributed by atoms with Crippen LogP contribution in [0.25, 0.3) is 0 Å². The van der Waals surface area contributed by atoms with Gasteiger partial charge in [-0.1, -0.05) is 12.2 Å². The van der Waals surface area contributed by atoms with Crippen LogP contribution in [-0.2, 0) is 10.8 Å². The van der Waals surface area contributed by atoms with E-state index in [0.29, 0.717) is 5.92 Å². The topological polar surface area (TPSA) is 35.5 Å². The van der Waals surface area contributed by atoms with Gasteiger partial charge in [0.25, 0.3) is 0 Å². The molecule has 0 bridgehead atoms. The van der Waals surface area contributed by atoms with E-state index in [0.717, 1.165) is 48.3 Å². The Hall–Kier alpha value is -1.81. The molecule has 4 heteroatoms. The maximum absolute atomic E-state index is 13.4. The molecule has 1 aromatic carbocycles. The number of carbonyl (C=O) groups excluding carboxylic acids is 1. The lowest BCUT2D eigenvalue weighted by Gasteiger charge is -2.39. The molecule has 0 fully saturated rings. The second kappa shape index (κ2) is 7.90. The van der Waals surface area contributed by atoms with Crippen LogP contribution in [0.3, 0.4) is 0 Å². The Morgan fingerprint density at radius 1 is 1.21 bits per heavy atom. The van der Waals surface area contributed by atoms with Crippen molar-refractivity contribution in [2.24, 2.45) is 17.8 Å². The van der Waals surface area contributed by atoms with E-state index in [9.17, 15) is 4.79 Å². The van der Waals surface area contributed by atoms with Crippen LogP contribution in [0.1, 0.15) is 49.0 Å². The van der Waals surface area contributed by atoms with Crippen LogP contribution in [0.5, 0.6) is 5.75 Å². The number of methoxy groups -OCH3 is 1. The molecule has 0 aromatic heterocycles. The Labute approximate surface area is 171 Å². The van der Waals surface area contributed by atoms with Gasteiger partial charge in [0.15, 0.2) is 5.78 Å². The Bertz CT molecular complexity index is 816. The second-order valence-electron chi connectivity index (χ2n) is 9.44. The number of hydrogen-bond donors (Lipinski definition) is 0. The number of ketones is 1. The first-order valence-electron chi connectivity index (χ1n) is 10.4. The van der Waals surface area contributed by atoms with Gasteiger partial charge in [-0.15, -0.1) is 0 Å². The monoisotopic (exact) mass is 398 g/mol. The van der Waals surface area contributed by atoms with E-state index in [2.05, 4.69) is 40.1 Å². The zero-order valence-corrected chi connectivity index (χ0v) is 19.2. The number of carbonyl (C=O) groups is 1. The van der Waals surface area contributed by atoms with Crippen molar-refractivity contribution < 1.29 is 14.0 Å². The maximum Gasteiger partial charge on any atom is 0.241 e. The molecule has 0 radical (unpaired) electrons. The third-order valence-corrected chi connectivity index (χ3v) is 7.08. The third-order valence-electron chi connectivity index (χ3n) is 6.22. The molecule has 0 heterocycles. The molecule has 0 saturated carbocycles. The van der Waals surface area contributed by atoms with Gasteiger partial charge in [0, 0.05) is 17.9 Å². The number of aryl methyl sites for hydroxylation is 1. The molecule has 152 valence electrons. The number of Topliss-reactive ketones (excluding diaryl/α,β-unsaturated/α-hetero) is 1. The van der Waals surface area contributed by atoms with Crippen molar-refractivity contribution in [3.8, 4) is 5.75 Å². The van der Waals surface area contributed by atoms with Gasteiger partial charge < -0.3 is 9.16 Å². The van der Waals surface area contributed by atoms with Gasteiger partial charge in [-0.05, 0) is 93.9 Å². The number of hydrogen-bond acceptors (Lipinski definition) is 3. The molecule has 3 rings (SSSR count). The minimum atomic E-state index is -1.70. The molecule has 3 nitrogen and oxygen atoms in total. The molecule has 1 aromatic rings. The summed E-state index contributed by atoms with van der Waals surface area (Å²) in [6.07, 6.45) is 3.75. The molecular weight excluding hydrogens is 364 g/mol. The summed E-state index contributed by atoms with van der Waals surface area (Å²) in [5.74, 6) is 2.89. The quantitative estimate of drug-likeness (QED) is 0.439. The van der Waals surface area contributed by atoms with Gasteiger partial charge in [0.05, 0.1) is 12.9 Å². The molecule has 2 aliphatic rings. The third kappa shape index (κ3) is 4.27. The fourth-order valence-corrected chi connectivity index (χ4v) is 5.64. The average Bonchev–Trinajstić information content (AvgIpc) is 2.62. The zero-order valence-electron chi connectivity index (χ0n) is 18.2. The van der Waals surface area contributed by atoms with E-state index in [1.807, 2.05) is 18.2 Å². The fourth-order valence-electron chi connectivity index (χ4n) is 4.66. The minimum absolute atomic E-state index is 0.0308. The smallest absolute Gasteiger partial charge is 0.241 e. The molecule has 2 aliphatic carbocycles.